The van der Waals surface area contributed by atoms with E-state index in [0.717, 1.165) is 14.5 Å². The van der Waals surface area contributed by atoms with Crippen molar-refractivity contribution in [1.29, 1.82) is 0 Å². The van der Waals surface area contributed by atoms with Gasteiger partial charge in [0.05, 0.1) is 5.56 Å². The maximum Gasteiger partial charge on any atom is 0.434 e. The molecule has 14 heavy (non-hydrogen) atoms. The first kappa shape index (κ1) is 9.67. The van der Waals surface area contributed by atoms with E-state index in [4.69, 9.17) is 4.42 Å². The predicted octanol–water partition coefficient (Wildman–Crippen LogP) is 2.55. The molecule has 0 saturated heterocycles. The average Bonchev–Trinajstić information content (AvgIpc) is 2.56. The van der Waals surface area contributed by atoms with Crippen molar-refractivity contribution >= 4 is 31.9 Å². The smallest absolute Gasteiger partial charge is 0.388 e. The van der Waals surface area contributed by atoms with Gasteiger partial charge in [0, 0.05) is 8.95 Å². The summed E-state index contributed by atoms with van der Waals surface area (Å²) in [6, 6.07) is 5.52. The number of nitrogens with zero attached hydrogens (tertiary/aromatic N) is 1. The second-order valence-electron chi connectivity index (χ2n) is 2.54. The van der Waals surface area contributed by atoms with E-state index in [1.807, 2.05) is 18.2 Å². The van der Waals surface area contributed by atoms with Gasteiger partial charge in [-0.15, -0.1) is 5.10 Å². The molecule has 0 aliphatic rings. The molecule has 2 aromatic rings. The fraction of sp³-hybridized carbons (Fsp3) is 0. The van der Waals surface area contributed by atoms with Gasteiger partial charge in [-0.05, 0) is 34.1 Å². The van der Waals surface area contributed by atoms with Crippen molar-refractivity contribution in [3.8, 4) is 11.5 Å². The molecule has 0 amide bonds. The van der Waals surface area contributed by atoms with Gasteiger partial charge in [-0.2, -0.15) is 0 Å². The van der Waals surface area contributed by atoms with Crippen LogP contribution in [0.5, 0.6) is 0 Å². The Morgan fingerprint density at radius 2 is 2.14 bits per heavy atom. The van der Waals surface area contributed by atoms with E-state index in [0.29, 0.717) is 0 Å². The lowest BCUT2D eigenvalue weighted by atomic mass is 10.2. The van der Waals surface area contributed by atoms with Crippen LogP contribution in [0.15, 0.2) is 36.4 Å². The predicted molar refractivity (Wildman–Crippen MR) is 58.0 cm³/mol. The first-order valence-electron chi connectivity index (χ1n) is 3.68. The van der Waals surface area contributed by atoms with Crippen LogP contribution in [0.1, 0.15) is 0 Å². The van der Waals surface area contributed by atoms with Crippen LogP contribution in [0.3, 0.4) is 0 Å². The van der Waals surface area contributed by atoms with E-state index in [2.05, 4.69) is 42.1 Å². The van der Waals surface area contributed by atoms with Crippen molar-refractivity contribution in [1.82, 2.24) is 10.2 Å². The lowest BCUT2D eigenvalue weighted by molar-refractivity contribution is 0.526. The molecule has 0 saturated carbocycles. The number of hydrogen-bond donors (Lipinski definition) is 1. The molecule has 1 aromatic heterocycles. The minimum Gasteiger partial charge on any atom is -0.388 e. The molecular formula is C8H4Br2N2O2. The molecule has 0 bridgehead atoms. The normalized spacial score (nSPS) is 10.4. The Bertz CT molecular complexity index is 518. The number of aromatic nitrogens is 2. The van der Waals surface area contributed by atoms with Gasteiger partial charge in [0.15, 0.2) is 0 Å². The van der Waals surface area contributed by atoms with Gasteiger partial charge in [0.1, 0.15) is 0 Å². The summed E-state index contributed by atoms with van der Waals surface area (Å²) in [5.74, 6) is -0.296. The molecule has 0 fully saturated rings. The number of nitrogens with one attached hydrogen (secondary N) is 1. The number of halogens is 2. The van der Waals surface area contributed by atoms with Gasteiger partial charge in [0.2, 0.25) is 5.89 Å². The highest BCUT2D eigenvalue weighted by Crippen LogP contribution is 2.28. The quantitative estimate of drug-likeness (QED) is 0.878. The zero-order valence-corrected chi connectivity index (χ0v) is 9.92. The summed E-state index contributed by atoms with van der Waals surface area (Å²) in [5.41, 5.74) is 0.720. The van der Waals surface area contributed by atoms with E-state index in [9.17, 15) is 4.79 Å². The Labute approximate surface area is 95.6 Å². The molecule has 0 unspecified atom stereocenters. The minimum atomic E-state index is -0.563. The van der Waals surface area contributed by atoms with Gasteiger partial charge < -0.3 is 4.42 Å². The molecule has 1 aromatic carbocycles. The number of rotatable bonds is 1. The molecule has 4 nitrogen and oxygen atoms in total. The molecule has 72 valence electrons. The van der Waals surface area contributed by atoms with Gasteiger partial charge in [0.25, 0.3) is 0 Å². The molecule has 0 aliphatic carbocycles. The Morgan fingerprint density at radius 3 is 2.79 bits per heavy atom. The first-order valence-corrected chi connectivity index (χ1v) is 5.26. The van der Waals surface area contributed by atoms with E-state index < -0.39 is 5.76 Å². The highest BCUT2D eigenvalue weighted by molar-refractivity contribution is 9.11. The fourth-order valence-corrected chi connectivity index (χ4v) is 1.78. The molecule has 6 heteroatoms. The lowest BCUT2D eigenvalue weighted by Gasteiger charge is -1.98. The summed E-state index contributed by atoms with van der Waals surface area (Å²) >= 11 is 6.66. The fourth-order valence-electron chi connectivity index (χ4n) is 1.01. The monoisotopic (exact) mass is 318 g/mol. The number of H-pyrrole nitrogens is 1. The largest absolute Gasteiger partial charge is 0.434 e. The molecule has 1 N–H and O–H groups in total. The maximum absolute atomic E-state index is 10.7. The Kier molecular flexibility index (Phi) is 2.56. The third kappa shape index (κ3) is 1.80. The van der Waals surface area contributed by atoms with Crippen LogP contribution in [0.25, 0.3) is 11.5 Å². The topological polar surface area (TPSA) is 58.9 Å². The van der Waals surface area contributed by atoms with Crippen molar-refractivity contribution in [3.05, 3.63) is 37.7 Å². The van der Waals surface area contributed by atoms with E-state index in [1.165, 1.54) is 0 Å². The molecule has 2 rings (SSSR count). The van der Waals surface area contributed by atoms with Crippen LogP contribution < -0.4 is 5.76 Å². The second-order valence-corrected chi connectivity index (χ2v) is 4.31. The number of hydrogen-bond acceptors (Lipinski definition) is 3. The Hall–Kier alpha value is -0.880. The Balaban J connectivity index is 2.61. The molecular weight excluding hydrogens is 316 g/mol. The van der Waals surface area contributed by atoms with Crippen molar-refractivity contribution < 1.29 is 4.42 Å². The number of benzene rings is 1. The van der Waals surface area contributed by atoms with Crippen LogP contribution >= 0.6 is 31.9 Å². The summed E-state index contributed by atoms with van der Waals surface area (Å²) < 4.78 is 6.54. The van der Waals surface area contributed by atoms with Crippen LogP contribution in [0.2, 0.25) is 0 Å². The highest BCUT2D eigenvalue weighted by atomic mass is 79.9. The number of aromatic amines is 1. The van der Waals surface area contributed by atoms with Gasteiger partial charge >= 0.3 is 5.76 Å². The lowest BCUT2D eigenvalue weighted by Crippen LogP contribution is -1.93. The second kappa shape index (κ2) is 3.70. The van der Waals surface area contributed by atoms with Gasteiger partial charge in [-0.3, -0.25) is 0 Å². The summed E-state index contributed by atoms with van der Waals surface area (Å²) in [6.07, 6.45) is 0. The van der Waals surface area contributed by atoms with E-state index in [-0.39, 0.29) is 5.89 Å². The molecule has 0 aliphatic heterocycles. The molecule has 0 atom stereocenters. The summed E-state index contributed by atoms with van der Waals surface area (Å²) in [6.45, 7) is 0. The van der Waals surface area contributed by atoms with Crippen molar-refractivity contribution in [2.75, 3.05) is 0 Å². The van der Waals surface area contributed by atoms with Crippen LogP contribution in [0, 0.1) is 0 Å². The molecule has 0 radical (unpaired) electrons. The van der Waals surface area contributed by atoms with Crippen LogP contribution in [-0.4, -0.2) is 10.2 Å². The van der Waals surface area contributed by atoms with Crippen molar-refractivity contribution in [2.24, 2.45) is 0 Å². The third-order valence-corrected chi connectivity index (χ3v) is 2.78. The SMILES string of the molecule is O=c1[nH]nc(-c2cc(Br)ccc2Br)o1. The van der Waals surface area contributed by atoms with Crippen molar-refractivity contribution in [3.63, 3.8) is 0 Å². The first-order chi connectivity index (χ1) is 6.66. The Morgan fingerprint density at radius 1 is 1.36 bits per heavy atom. The summed E-state index contributed by atoms with van der Waals surface area (Å²) in [7, 11) is 0. The van der Waals surface area contributed by atoms with Crippen LogP contribution in [0.4, 0.5) is 0 Å². The summed E-state index contributed by atoms with van der Waals surface area (Å²) in [4.78, 5) is 10.7. The highest BCUT2D eigenvalue weighted by Gasteiger charge is 2.09. The average molecular weight is 320 g/mol. The molecule has 1 heterocycles. The zero-order chi connectivity index (χ0) is 10.1. The zero-order valence-electron chi connectivity index (χ0n) is 6.75. The van der Waals surface area contributed by atoms with E-state index in [1.54, 1.807) is 0 Å². The standard InChI is InChI=1S/C8H4Br2N2O2/c9-4-1-2-6(10)5(3-4)7-11-12-8(13)14-7/h1-3H,(H,12,13). The minimum absolute atomic E-state index is 0.267. The van der Waals surface area contributed by atoms with Gasteiger partial charge in [-0.25, -0.2) is 9.89 Å². The third-order valence-electron chi connectivity index (χ3n) is 1.60. The maximum atomic E-state index is 10.7. The van der Waals surface area contributed by atoms with Crippen LogP contribution in [-0.2, 0) is 0 Å². The van der Waals surface area contributed by atoms with E-state index >= 15 is 0 Å². The van der Waals surface area contributed by atoms with Crippen molar-refractivity contribution in [2.45, 2.75) is 0 Å². The summed E-state index contributed by atoms with van der Waals surface area (Å²) in [5, 5.41) is 5.94. The molecule has 0 spiro atoms. The van der Waals surface area contributed by atoms with Gasteiger partial charge in [-0.1, -0.05) is 15.9 Å².